The third-order valence-corrected chi connectivity index (χ3v) is 16.5. The molecule has 0 radical (unpaired) electrons. The maximum Gasteiger partial charge on any atom is 0.338 e. The van der Waals surface area contributed by atoms with Crippen molar-refractivity contribution in [2.75, 3.05) is 47.6 Å². The fourth-order valence-electron chi connectivity index (χ4n) is 8.93. The molecule has 2 aliphatic heterocycles. The maximum atomic E-state index is 13.6. The van der Waals surface area contributed by atoms with Crippen LogP contribution in [0.2, 0.25) is 0 Å². The normalized spacial score (nSPS) is 18.0. The standard InChI is InChI=1S/C42H50N2O22S6/c1-41(2)35(44(17-9-21-70(55,56)57)33-24-27(39(45)46)23-31(37(33)41)40(47)64-18-10-22-71(58,59)60)11-5-4-6-12-36-42(3,15-7-19-68(49,50)51)38-30-25-28(72(61,62)63)26-34(67-66-65-48)29(30)13-14-32(38)43(36)16-8-20-69(52,53)54/h4-6,11-14,23-26H,7-10,15-22H2,1-3H3,(H6-,45,46,48,49,50,51,52,53,54,55,56,57,58,59,60,61,62,63). The van der Waals surface area contributed by atoms with Crippen molar-refractivity contribution in [2.24, 2.45) is 0 Å². The molecule has 0 amide bonds. The molecule has 0 saturated carbocycles. The van der Waals surface area contributed by atoms with Gasteiger partial charge >= 0.3 is 5.97 Å². The van der Waals surface area contributed by atoms with E-state index in [1.807, 2.05) is 0 Å². The number of carbonyl (C=O) groups is 2. The van der Waals surface area contributed by atoms with Crippen LogP contribution in [-0.4, -0.2) is 135 Å². The van der Waals surface area contributed by atoms with Crippen LogP contribution in [0.1, 0.15) is 84.7 Å². The van der Waals surface area contributed by atoms with Crippen LogP contribution in [0.3, 0.4) is 0 Å². The summed E-state index contributed by atoms with van der Waals surface area (Å²) in [6.07, 6.45) is 6.75. The highest BCUT2D eigenvalue weighted by atomic mass is 32.2. The quantitative estimate of drug-likeness (QED) is 0.0103. The number of carboxylic acid groups (broad SMARTS) is 1. The zero-order valence-corrected chi connectivity index (χ0v) is 43.3. The van der Waals surface area contributed by atoms with Crippen molar-refractivity contribution in [3.8, 4) is 0 Å². The molecule has 0 aromatic heterocycles. The SMILES string of the molecule is CC1(C)C(/C=C/C=C/C=C2/N(CCCS(=O)(=O)O)c3ccc4c(SOOO)cc(S(=O)(=O)O)cc4c3C2(C)CCCS(=O)(=O)O)=[N+](CCCS(=O)(=O)O)c2cc(C(=O)[O-])cc(C(=O)OCCCS(=O)(=O)O)c21. The molecule has 3 aromatic rings. The molecule has 6 N–H and O–H groups in total. The first-order valence-corrected chi connectivity index (χ1v) is 29.9. The highest BCUT2D eigenvalue weighted by molar-refractivity contribution is 7.94. The summed E-state index contributed by atoms with van der Waals surface area (Å²) in [5.41, 5.74) is -1.50. The van der Waals surface area contributed by atoms with Crippen LogP contribution < -0.4 is 10.0 Å². The number of benzene rings is 3. The summed E-state index contributed by atoms with van der Waals surface area (Å²) in [5.74, 6) is -5.62. The number of ether oxygens (including phenoxy) is 1. The highest BCUT2D eigenvalue weighted by Crippen LogP contribution is 2.54. The largest absolute Gasteiger partial charge is 0.545 e. The van der Waals surface area contributed by atoms with Gasteiger partial charge in [0.15, 0.2) is 5.71 Å². The van der Waals surface area contributed by atoms with Crippen LogP contribution in [0.15, 0.2) is 82.3 Å². The minimum atomic E-state index is -4.93. The molecule has 2 heterocycles. The van der Waals surface area contributed by atoms with Crippen LogP contribution in [0.25, 0.3) is 10.8 Å². The number of anilines is 1. The summed E-state index contributed by atoms with van der Waals surface area (Å²) in [7, 11) is -22.8. The number of hydrogen-bond acceptors (Lipinski definition) is 19. The minimum absolute atomic E-state index is 0.0229. The van der Waals surface area contributed by atoms with E-state index in [1.54, 1.807) is 43.9 Å². The summed E-state index contributed by atoms with van der Waals surface area (Å²) in [6, 6.07) is 7.52. The number of hydrogen-bond donors (Lipinski definition) is 6. The van der Waals surface area contributed by atoms with Crippen molar-refractivity contribution in [1.29, 1.82) is 0 Å². The van der Waals surface area contributed by atoms with Gasteiger partial charge in [0.1, 0.15) is 6.54 Å². The molecule has 1 atom stereocenters. The van der Waals surface area contributed by atoms with Gasteiger partial charge in [0.2, 0.25) is 5.69 Å². The predicted molar refractivity (Wildman–Crippen MR) is 258 cm³/mol. The molecule has 0 bridgehead atoms. The van der Waals surface area contributed by atoms with Crippen molar-refractivity contribution in [1.82, 2.24) is 0 Å². The van der Waals surface area contributed by atoms with Gasteiger partial charge in [-0.25, -0.2) is 10.1 Å². The van der Waals surface area contributed by atoms with Crippen LogP contribution in [0.4, 0.5) is 11.4 Å². The summed E-state index contributed by atoms with van der Waals surface area (Å²) >= 11 is 0.382. The molecule has 5 rings (SSSR count). The van der Waals surface area contributed by atoms with Crippen LogP contribution in [0, 0.1) is 0 Å². The lowest BCUT2D eigenvalue weighted by molar-refractivity contribution is -0.437. The Labute approximate surface area is 419 Å². The van der Waals surface area contributed by atoms with Gasteiger partial charge in [-0.2, -0.15) is 46.7 Å². The molecular weight excluding hydrogens is 1080 g/mol. The molecule has 0 spiro atoms. The highest BCUT2D eigenvalue weighted by Gasteiger charge is 2.48. The number of carbonyl (C=O) groups excluding carboxylic acids is 2. The molecule has 30 heteroatoms. The van der Waals surface area contributed by atoms with E-state index in [9.17, 15) is 75.0 Å². The van der Waals surface area contributed by atoms with Crippen LogP contribution in [0.5, 0.6) is 0 Å². The Morgan fingerprint density at radius 2 is 1.36 bits per heavy atom. The number of esters is 1. The first-order chi connectivity index (χ1) is 33.2. The summed E-state index contributed by atoms with van der Waals surface area (Å²) < 4.78 is 179. The molecule has 72 heavy (non-hydrogen) atoms. The third-order valence-electron chi connectivity index (χ3n) is 11.8. The average Bonchev–Trinajstić information content (AvgIpc) is 3.60. The number of nitrogens with zero attached hydrogens (tertiary/aromatic N) is 2. The Bertz CT molecular complexity index is 3350. The number of fused-ring (bicyclic) bond motifs is 4. The summed E-state index contributed by atoms with van der Waals surface area (Å²) in [6.45, 7) is 4.24. The van der Waals surface area contributed by atoms with E-state index >= 15 is 0 Å². The van der Waals surface area contributed by atoms with E-state index in [4.69, 9.17) is 14.5 Å². The van der Waals surface area contributed by atoms with Gasteiger partial charge in [-0.3, -0.25) is 22.8 Å². The Hall–Kier alpha value is -4.67. The van der Waals surface area contributed by atoms with Crippen molar-refractivity contribution in [3.05, 3.63) is 94.7 Å². The monoisotopic (exact) mass is 1130 g/mol. The lowest BCUT2D eigenvalue weighted by Crippen LogP contribution is -2.30. The van der Waals surface area contributed by atoms with Gasteiger partial charge in [0.25, 0.3) is 50.6 Å². The molecule has 0 saturated heterocycles. The van der Waals surface area contributed by atoms with E-state index in [2.05, 4.69) is 9.37 Å². The van der Waals surface area contributed by atoms with Gasteiger partial charge in [0.05, 0.1) is 69.1 Å². The van der Waals surface area contributed by atoms with Crippen molar-refractivity contribution < 1.29 is 103 Å². The van der Waals surface area contributed by atoms with Crippen molar-refractivity contribution >= 4 is 102 Å². The fraction of sp³-hybridized carbons (Fsp3) is 0.405. The number of rotatable bonds is 25. The molecule has 3 aromatic carbocycles. The van der Waals surface area contributed by atoms with Crippen LogP contribution >= 0.6 is 12.0 Å². The second-order valence-corrected chi connectivity index (χ2v) is 25.7. The number of allylic oxidation sites excluding steroid dienone is 6. The molecule has 1 unspecified atom stereocenters. The van der Waals surface area contributed by atoms with Crippen molar-refractivity contribution in [2.45, 2.75) is 73.5 Å². The zero-order chi connectivity index (χ0) is 53.8. The van der Waals surface area contributed by atoms with E-state index < -0.39 is 113 Å². The maximum absolute atomic E-state index is 13.6. The summed E-state index contributed by atoms with van der Waals surface area (Å²) in [5, 5.41) is 25.4. The number of carboxylic acids is 1. The minimum Gasteiger partial charge on any atom is -0.545 e. The lowest BCUT2D eigenvalue weighted by atomic mass is 9.75. The van der Waals surface area contributed by atoms with Gasteiger partial charge < -0.3 is 19.5 Å². The Balaban J connectivity index is 1.69. The summed E-state index contributed by atoms with van der Waals surface area (Å²) in [4.78, 5) is 26.9. The average molecular weight is 1130 g/mol. The Morgan fingerprint density at radius 1 is 0.750 bits per heavy atom. The van der Waals surface area contributed by atoms with E-state index in [1.165, 1.54) is 34.9 Å². The smallest absolute Gasteiger partial charge is 0.338 e. The molecule has 24 nitrogen and oxygen atoms in total. The van der Waals surface area contributed by atoms with E-state index in [-0.39, 0.29) is 72.3 Å². The Kier molecular flexibility index (Phi) is 18.1. The topological polar surface area (TPSA) is 383 Å². The first-order valence-electron chi connectivity index (χ1n) is 21.3. The molecule has 0 fully saturated rings. The van der Waals surface area contributed by atoms with Gasteiger partial charge in [-0.15, -0.1) is 4.33 Å². The second kappa shape index (κ2) is 22.4. The molecule has 0 aliphatic carbocycles. The van der Waals surface area contributed by atoms with Crippen molar-refractivity contribution in [3.63, 3.8) is 0 Å². The fourth-order valence-corrected chi connectivity index (χ4v) is 12.1. The van der Waals surface area contributed by atoms with Gasteiger partial charge in [-0.1, -0.05) is 29.3 Å². The first kappa shape index (κ1) is 58.2. The van der Waals surface area contributed by atoms with Gasteiger partial charge in [-0.05, 0) is 93.1 Å². The second-order valence-electron chi connectivity index (χ2n) is 17.3. The number of aromatic carboxylic acids is 1. The van der Waals surface area contributed by atoms with Gasteiger partial charge in [0, 0.05) is 52.4 Å². The zero-order valence-electron chi connectivity index (χ0n) is 38.4. The van der Waals surface area contributed by atoms with Crippen LogP contribution in [-0.2, 0) is 75.5 Å². The Morgan fingerprint density at radius 3 is 1.96 bits per heavy atom. The third kappa shape index (κ3) is 14.5. The molecular formula is C42H50N2O22S6. The molecule has 2 aliphatic rings. The molecule has 396 valence electrons. The lowest BCUT2D eigenvalue weighted by Gasteiger charge is -2.31. The van der Waals surface area contributed by atoms with E-state index in [0.717, 1.165) is 18.2 Å². The van der Waals surface area contributed by atoms with E-state index in [0.29, 0.717) is 40.1 Å². The predicted octanol–water partition coefficient (Wildman–Crippen LogP) is 3.69.